The van der Waals surface area contributed by atoms with Crippen LogP contribution in [0.3, 0.4) is 0 Å². The number of carbonyl (C=O) groups is 2. The second-order valence-corrected chi connectivity index (χ2v) is 13.1. The van der Waals surface area contributed by atoms with E-state index >= 15 is 0 Å². The molecule has 0 N–H and O–H groups in total. The number of hydrogen-bond acceptors (Lipinski definition) is 8. The van der Waals surface area contributed by atoms with Crippen molar-refractivity contribution in [3.63, 3.8) is 0 Å². The second kappa shape index (κ2) is 15.4. The molecule has 4 aromatic carbocycles. The highest BCUT2D eigenvalue weighted by Gasteiger charge is 2.47. The number of benzene rings is 4. The molecule has 0 atom stereocenters. The predicted octanol–water partition coefficient (Wildman–Crippen LogP) is 5.39. The van der Waals surface area contributed by atoms with Gasteiger partial charge in [-0.25, -0.2) is 0 Å². The molecule has 1 aliphatic carbocycles. The van der Waals surface area contributed by atoms with E-state index in [0.717, 1.165) is 33.4 Å². The number of ether oxygens (including phenoxy) is 4. The molecule has 1 aliphatic rings. The molecule has 0 fully saturated rings. The minimum atomic E-state index is -1.39. The van der Waals surface area contributed by atoms with Crippen molar-refractivity contribution < 1.29 is 38.7 Å². The van der Waals surface area contributed by atoms with Gasteiger partial charge in [-0.3, -0.25) is 0 Å². The molecule has 49 heavy (non-hydrogen) atoms. The van der Waals surface area contributed by atoms with Crippen molar-refractivity contribution in [2.45, 2.75) is 51.9 Å². The van der Waals surface area contributed by atoms with Crippen LogP contribution in [0.1, 0.15) is 99.2 Å². The minimum Gasteiger partial charge on any atom is -0.545 e. The Kier molecular flexibility index (Phi) is 11.2. The zero-order chi connectivity index (χ0) is 35.3. The summed E-state index contributed by atoms with van der Waals surface area (Å²) in [5, 5.41) is 25.1. The van der Waals surface area contributed by atoms with Gasteiger partial charge in [-0.15, -0.1) is 0 Å². The van der Waals surface area contributed by atoms with Gasteiger partial charge in [0.25, 0.3) is 0 Å². The summed E-state index contributed by atoms with van der Waals surface area (Å²) in [5.41, 5.74) is 6.94. The van der Waals surface area contributed by atoms with E-state index < -0.39 is 17.4 Å². The molecule has 0 spiro atoms. The van der Waals surface area contributed by atoms with E-state index in [1.165, 1.54) is 0 Å². The van der Waals surface area contributed by atoms with E-state index in [-0.39, 0.29) is 41.9 Å². The third-order valence-corrected chi connectivity index (χ3v) is 9.33. The Morgan fingerprint density at radius 3 is 1.63 bits per heavy atom. The van der Waals surface area contributed by atoms with E-state index in [4.69, 9.17) is 18.9 Å². The highest BCUT2D eigenvalue weighted by molar-refractivity contribution is 5.93. The Balaban J connectivity index is 1.67. The lowest BCUT2D eigenvalue weighted by Crippen LogP contribution is -2.32. The third-order valence-electron chi connectivity index (χ3n) is 9.33. The SMILES string of the molecule is COCCOCCOCCOc1ccc(C2(c3ccc(C)c(C(=O)[O-])c3)c3cc(C(C)C)ccc3-c3ccc(C(C)C)cc32)cc1C(=O)[O-]. The first-order chi connectivity index (χ1) is 23.5. The van der Waals surface area contributed by atoms with E-state index in [1.54, 1.807) is 38.3 Å². The molecule has 0 aliphatic heterocycles. The molecule has 4 aromatic rings. The van der Waals surface area contributed by atoms with Crippen LogP contribution in [-0.2, 0) is 19.6 Å². The number of carboxylic acids is 2. The Morgan fingerprint density at radius 1 is 0.633 bits per heavy atom. The lowest BCUT2D eigenvalue weighted by molar-refractivity contribution is -0.256. The Hall–Kier alpha value is -4.50. The number of carbonyl (C=O) groups excluding carboxylic acids is 2. The molecule has 0 saturated carbocycles. The van der Waals surface area contributed by atoms with Crippen LogP contribution in [0.2, 0.25) is 0 Å². The van der Waals surface area contributed by atoms with Gasteiger partial charge in [0.15, 0.2) is 0 Å². The molecule has 8 heteroatoms. The first-order valence-corrected chi connectivity index (χ1v) is 16.7. The molecule has 0 radical (unpaired) electrons. The number of methoxy groups -OCH3 is 1. The molecular formula is C41H44O8-2. The third kappa shape index (κ3) is 7.13. The summed E-state index contributed by atoms with van der Waals surface area (Å²) in [6.07, 6.45) is 0. The quantitative estimate of drug-likeness (QED) is 0.129. The van der Waals surface area contributed by atoms with Gasteiger partial charge in [-0.2, -0.15) is 0 Å². The summed E-state index contributed by atoms with van der Waals surface area (Å²) < 4.78 is 21.9. The van der Waals surface area contributed by atoms with Gasteiger partial charge < -0.3 is 38.7 Å². The fourth-order valence-electron chi connectivity index (χ4n) is 6.66. The maximum Gasteiger partial charge on any atom is 0.128 e. The smallest absolute Gasteiger partial charge is 0.128 e. The Morgan fingerprint density at radius 2 is 1.12 bits per heavy atom. The number of aromatic carboxylic acids is 2. The molecule has 5 rings (SSSR count). The van der Waals surface area contributed by atoms with E-state index in [1.807, 2.05) is 12.1 Å². The van der Waals surface area contributed by atoms with Gasteiger partial charge in [0.1, 0.15) is 12.4 Å². The molecular weight excluding hydrogens is 620 g/mol. The summed E-state index contributed by atoms with van der Waals surface area (Å²) in [5.74, 6) is -2.08. The Labute approximate surface area is 288 Å². The normalized spacial score (nSPS) is 13.1. The van der Waals surface area contributed by atoms with Crippen molar-refractivity contribution in [1.29, 1.82) is 0 Å². The minimum absolute atomic E-state index is 0.0797. The van der Waals surface area contributed by atoms with Crippen LogP contribution < -0.4 is 14.9 Å². The van der Waals surface area contributed by atoms with E-state index in [2.05, 4.69) is 64.1 Å². The average Bonchev–Trinajstić information content (AvgIpc) is 3.37. The van der Waals surface area contributed by atoms with Crippen molar-refractivity contribution in [2.24, 2.45) is 0 Å². The number of rotatable bonds is 16. The standard InChI is InChI=1S/C41H46O8/c1-25(2)28-8-12-32-33-13-9-29(26(3)4)22-37(33)41(36(32)21-28,30-10-7-27(5)34(23-30)39(42)43)31-11-14-38(35(24-31)40(44)45)49-20-19-48-18-17-47-16-15-46-6/h7-14,21-26H,15-20H2,1-6H3,(H,42,43)(H,44,45)/p-2. The van der Waals surface area contributed by atoms with Gasteiger partial charge in [0.05, 0.1) is 50.4 Å². The van der Waals surface area contributed by atoms with Crippen LogP contribution in [0.25, 0.3) is 11.1 Å². The number of carboxylic acid groups (broad SMARTS) is 2. The largest absolute Gasteiger partial charge is 0.545 e. The highest BCUT2D eigenvalue weighted by Crippen LogP contribution is 2.57. The number of fused-ring (bicyclic) bond motifs is 3. The molecule has 0 amide bonds. The van der Waals surface area contributed by atoms with Crippen molar-refractivity contribution in [2.75, 3.05) is 46.8 Å². The van der Waals surface area contributed by atoms with Crippen LogP contribution in [0.4, 0.5) is 0 Å². The molecule has 0 aromatic heterocycles. The maximum atomic E-state index is 12.7. The monoisotopic (exact) mass is 664 g/mol. The van der Waals surface area contributed by atoms with Crippen molar-refractivity contribution >= 4 is 11.9 Å². The van der Waals surface area contributed by atoms with Gasteiger partial charge in [0, 0.05) is 18.2 Å². The molecule has 0 bridgehead atoms. The van der Waals surface area contributed by atoms with Crippen molar-refractivity contribution in [3.05, 3.63) is 123 Å². The number of hydrogen-bond donors (Lipinski definition) is 0. The lowest BCUT2D eigenvalue weighted by atomic mass is 9.66. The van der Waals surface area contributed by atoms with Gasteiger partial charge in [-0.05, 0) is 87.0 Å². The summed E-state index contributed by atoms with van der Waals surface area (Å²) in [4.78, 5) is 25.1. The topological polar surface area (TPSA) is 117 Å². The summed E-state index contributed by atoms with van der Waals surface area (Å²) in [6.45, 7) is 12.3. The Bertz CT molecular complexity index is 1770. The molecule has 0 unspecified atom stereocenters. The highest BCUT2D eigenvalue weighted by atomic mass is 16.6. The number of aryl methyl sites for hydroxylation is 1. The van der Waals surface area contributed by atoms with Crippen molar-refractivity contribution in [1.82, 2.24) is 0 Å². The average molecular weight is 665 g/mol. The van der Waals surface area contributed by atoms with Crippen LogP contribution in [0.15, 0.2) is 72.8 Å². The van der Waals surface area contributed by atoms with Crippen LogP contribution in [0, 0.1) is 6.92 Å². The van der Waals surface area contributed by atoms with Gasteiger partial charge >= 0.3 is 0 Å². The zero-order valence-corrected chi connectivity index (χ0v) is 29.1. The first kappa shape index (κ1) is 35.8. The van der Waals surface area contributed by atoms with Crippen LogP contribution in [-0.4, -0.2) is 58.7 Å². The van der Waals surface area contributed by atoms with Crippen LogP contribution in [0.5, 0.6) is 5.75 Å². The summed E-state index contributed by atoms with van der Waals surface area (Å²) in [7, 11) is 1.61. The van der Waals surface area contributed by atoms with Gasteiger partial charge in [-0.1, -0.05) is 82.3 Å². The lowest BCUT2D eigenvalue weighted by Gasteiger charge is -2.36. The molecule has 0 heterocycles. The molecule has 0 saturated heterocycles. The molecule has 258 valence electrons. The predicted molar refractivity (Wildman–Crippen MR) is 184 cm³/mol. The summed E-state index contributed by atoms with van der Waals surface area (Å²) in [6, 6.07) is 23.4. The van der Waals surface area contributed by atoms with Crippen molar-refractivity contribution in [3.8, 4) is 16.9 Å². The van der Waals surface area contributed by atoms with Gasteiger partial charge in [0.2, 0.25) is 0 Å². The first-order valence-electron chi connectivity index (χ1n) is 16.7. The fourth-order valence-corrected chi connectivity index (χ4v) is 6.66. The van der Waals surface area contributed by atoms with E-state index in [0.29, 0.717) is 43.1 Å². The zero-order valence-electron chi connectivity index (χ0n) is 29.1. The van der Waals surface area contributed by atoms with E-state index in [9.17, 15) is 19.8 Å². The molecule has 8 nitrogen and oxygen atoms in total. The fraction of sp³-hybridized carbons (Fsp3) is 0.366. The van der Waals surface area contributed by atoms with Crippen LogP contribution >= 0.6 is 0 Å². The summed E-state index contributed by atoms with van der Waals surface area (Å²) >= 11 is 0. The second-order valence-electron chi connectivity index (χ2n) is 13.1. The maximum absolute atomic E-state index is 12.7.